The van der Waals surface area contributed by atoms with Crippen LogP contribution in [0.2, 0.25) is 0 Å². The van der Waals surface area contributed by atoms with Crippen molar-refractivity contribution in [2.75, 3.05) is 0 Å². The summed E-state index contributed by atoms with van der Waals surface area (Å²) in [6.07, 6.45) is 6.77. The third-order valence-electron chi connectivity index (χ3n) is 4.27. The predicted molar refractivity (Wildman–Crippen MR) is 83.2 cm³/mol. The lowest BCUT2D eigenvalue weighted by Gasteiger charge is -2.17. The molecule has 4 heteroatoms. The molecule has 1 saturated carbocycles. The van der Waals surface area contributed by atoms with Gasteiger partial charge in [0.1, 0.15) is 0 Å². The summed E-state index contributed by atoms with van der Waals surface area (Å²) in [6, 6.07) is 0.678. The lowest BCUT2D eigenvalue weighted by Crippen LogP contribution is -2.29. The fourth-order valence-corrected chi connectivity index (χ4v) is 3.39. The van der Waals surface area contributed by atoms with E-state index in [2.05, 4.69) is 51.8 Å². The van der Waals surface area contributed by atoms with Gasteiger partial charge in [-0.25, -0.2) is 0 Å². The summed E-state index contributed by atoms with van der Waals surface area (Å²) in [5, 5.41) is 8.29. The van der Waals surface area contributed by atoms with Crippen LogP contribution in [0.1, 0.15) is 57.3 Å². The molecule has 3 nitrogen and oxygen atoms in total. The maximum absolute atomic E-state index is 4.55. The zero-order valence-electron chi connectivity index (χ0n) is 12.4. The highest BCUT2D eigenvalue weighted by atomic mass is 79.9. The topological polar surface area (TPSA) is 29.9 Å². The monoisotopic (exact) mass is 327 g/mol. The largest absolute Gasteiger partial charge is 0.308 e. The first-order chi connectivity index (χ1) is 9.11. The van der Waals surface area contributed by atoms with Crippen LogP contribution in [-0.2, 0) is 13.1 Å². The highest BCUT2D eigenvalue weighted by Crippen LogP contribution is 2.24. The Morgan fingerprint density at radius 3 is 2.84 bits per heavy atom. The molecule has 0 aromatic carbocycles. The van der Waals surface area contributed by atoms with Gasteiger partial charge >= 0.3 is 0 Å². The van der Waals surface area contributed by atoms with Crippen LogP contribution >= 0.6 is 15.9 Å². The van der Waals surface area contributed by atoms with Crippen molar-refractivity contribution in [3.63, 3.8) is 0 Å². The molecule has 0 radical (unpaired) electrons. The van der Waals surface area contributed by atoms with Gasteiger partial charge in [0.15, 0.2) is 0 Å². The van der Waals surface area contributed by atoms with Crippen LogP contribution in [0.25, 0.3) is 0 Å². The highest BCUT2D eigenvalue weighted by molar-refractivity contribution is 9.10. The second-order valence-electron chi connectivity index (χ2n) is 5.85. The van der Waals surface area contributed by atoms with Crippen LogP contribution in [0.15, 0.2) is 4.47 Å². The van der Waals surface area contributed by atoms with Gasteiger partial charge in [-0.2, -0.15) is 5.10 Å². The molecule has 1 aromatic heterocycles. The Bertz CT molecular complexity index is 414. The van der Waals surface area contributed by atoms with Crippen molar-refractivity contribution in [2.24, 2.45) is 5.92 Å². The van der Waals surface area contributed by atoms with Gasteiger partial charge in [-0.3, -0.25) is 4.68 Å². The fraction of sp³-hybridized carbons (Fsp3) is 0.800. The number of aromatic nitrogens is 2. The van der Waals surface area contributed by atoms with E-state index in [1.54, 1.807) is 0 Å². The maximum atomic E-state index is 4.55. The molecule has 0 bridgehead atoms. The van der Waals surface area contributed by atoms with E-state index >= 15 is 0 Å². The average molecular weight is 328 g/mol. The van der Waals surface area contributed by atoms with Crippen LogP contribution in [0, 0.1) is 12.8 Å². The molecule has 1 heterocycles. The molecule has 108 valence electrons. The summed E-state index contributed by atoms with van der Waals surface area (Å²) in [7, 11) is 0. The Morgan fingerprint density at radius 1 is 1.32 bits per heavy atom. The van der Waals surface area contributed by atoms with Crippen molar-refractivity contribution in [1.29, 1.82) is 0 Å². The number of rotatable bonds is 4. The van der Waals surface area contributed by atoms with Crippen LogP contribution in [0.5, 0.6) is 0 Å². The first kappa shape index (κ1) is 15.0. The summed E-state index contributed by atoms with van der Waals surface area (Å²) in [4.78, 5) is 0. The minimum atomic E-state index is 0.678. The van der Waals surface area contributed by atoms with Crippen molar-refractivity contribution in [2.45, 2.75) is 72.0 Å². The number of nitrogens with one attached hydrogen (secondary N) is 1. The molecular formula is C15H26BrN3. The van der Waals surface area contributed by atoms with Crippen molar-refractivity contribution >= 4 is 15.9 Å². The summed E-state index contributed by atoms with van der Waals surface area (Å²) >= 11 is 3.67. The lowest BCUT2D eigenvalue weighted by atomic mass is 10.0. The molecule has 0 saturated heterocycles. The Kier molecular flexibility index (Phi) is 5.46. The predicted octanol–water partition coefficient (Wildman–Crippen LogP) is 4.03. The van der Waals surface area contributed by atoms with E-state index in [9.17, 15) is 0 Å². The lowest BCUT2D eigenvalue weighted by molar-refractivity contribution is 0.436. The second kappa shape index (κ2) is 6.89. The van der Waals surface area contributed by atoms with Gasteiger partial charge < -0.3 is 5.32 Å². The molecular weight excluding hydrogens is 302 g/mol. The van der Waals surface area contributed by atoms with E-state index in [1.165, 1.54) is 42.3 Å². The van der Waals surface area contributed by atoms with Crippen molar-refractivity contribution < 1.29 is 0 Å². The molecule has 1 N–H and O–H groups in total. The highest BCUT2D eigenvalue weighted by Gasteiger charge is 2.17. The Balaban J connectivity index is 1.94. The average Bonchev–Trinajstić information content (AvgIpc) is 2.55. The number of aryl methyl sites for hydroxylation is 2. The van der Waals surface area contributed by atoms with Crippen LogP contribution < -0.4 is 5.32 Å². The molecule has 19 heavy (non-hydrogen) atoms. The molecule has 1 fully saturated rings. The standard InChI is InChI=1S/C15H26BrN3/c1-4-19-14(15(16)12(3)18-19)10-17-13-7-5-6-11(2)8-9-13/h11,13,17H,4-10H2,1-3H3. The van der Waals surface area contributed by atoms with E-state index < -0.39 is 0 Å². The number of hydrogen-bond acceptors (Lipinski definition) is 2. The Labute approximate surface area is 125 Å². The van der Waals surface area contributed by atoms with Crippen molar-refractivity contribution in [3.05, 3.63) is 15.9 Å². The number of hydrogen-bond donors (Lipinski definition) is 1. The SMILES string of the molecule is CCn1nc(C)c(Br)c1CNC1CCCC(C)CC1. The fourth-order valence-electron chi connectivity index (χ4n) is 2.97. The maximum Gasteiger partial charge on any atom is 0.0739 e. The van der Waals surface area contributed by atoms with Gasteiger partial charge in [0.05, 0.1) is 15.9 Å². The molecule has 2 atom stereocenters. The van der Waals surface area contributed by atoms with Crippen molar-refractivity contribution in [3.8, 4) is 0 Å². The summed E-state index contributed by atoms with van der Waals surface area (Å²) in [5.74, 6) is 0.905. The molecule has 1 aliphatic rings. The van der Waals surface area contributed by atoms with E-state index in [4.69, 9.17) is 0 Å². The van der Waals surface area contributed by atoms with Crippen molar-refractivity contribution in [1.82, 2.24) is 15.1 Å². The quantitative estimate of drug-likeness (QED) is 0.846. The van der Waals surface area contributed by atoms with E-state index in [0.29, 0.717) is 6.04 Å². The molecule has 2 unspecified atom stereocenters. The smallest absolute Gasteiger partial charge is 0.0739 e. The molecule has 1 aliphatic carbocycles. The molecule has 0 spiro atoms. The van der Waals surface area contributed by atoms with Crippen LogP contribution in [0.3, 0.4) is 0 Å². The first-order valence-corrected chi connectivity index (χ1v) is 8.36. The van der Waals surface area contributed by atoms with Gasteiger partial charge in [0.2, 0.25) is 0 Å². The summed E-state index contributed by atoms with van der Waals surface area (Å²) in [6.45, 7) is 8.46. The molecule has 1 aromatic rings. The van der Waals surface area contributed by atoms with Gasteiger partial charge in [-0.1, -0.05) is 19.8 Å². The van der Waals surface area contributed by atoms with E-state index in [0.717, 1.165) is 24.7 Å². The minimum Gasteiger partial charge on any atom is -0.308 e. The third kappa shape index (κ3) is 3.82. The van der Waals surface area contributed by atoms with Gasteiger partial charge in [-0.15, -0.1) is 0 Å². The second-order valence-corrected chi connectivity index (χ2v) is 6.65. The van der Waals surface area contributed by atoms with Gasteiger partial charge in [-0.05, 0) is 55.0 Å². The normalized spacial score (nSPS) is 24.4. The van der Waals surface area contributed by atoms with E-state index in [-0.39, 0.29) is 0 Å². The summed E-state index contributed by atoms with van der Waals surface area (Å²) < 4.78 is 3.27. The third-order valence-corrected chi connectivity index (χ3v) is 5.30. The molecule has 0 aliphatic heterocycles. The van der Waals surface area contributed by atoms with Gasteiger partial charge in [0.25, 0.3) is 0 Å². The Morgan fingerprint density at radius 2 is 2.11 bits per heavy atom. The van der Waals surface area contributed by atoms with E-state index in [1.807, 2.05) is 0 Å². The summed E-state index contributed by atoms with van der Waals surface area (Å²) in [5.41, 5.74) is 2.38. The van der Waals surface area contributed by atoms with Crippen LogP contribution in [-0.4, -0.2) is 15.8 Å². The van der Waals surface area contributed by atoms with Gasteiger partial charge in [0, 0.05) is 19.1 Å². The number of nitrogens with zero attached hydrogens (tertiary/aromatic N) is 2. The zero-order chi connectivity index (χ0) is 13.8. The van der Waals surface area contributed by atoms with Crippen LogP contribution in [0.4, 0.5) is 0 Å². The zero-order valence-corrected chi connectivity index (χ0v) is 14.0. The number of halogens is 1. The Hall–Kier alpha value is -0.350. The minimum absolute atomic E-state index is 0.678. The molecule has 2 rings (SSSR count). The molecule has 0 amide bonds. The first-order valence-electron chi connectivity index (χ1n) is 7.57.